The van der Waals surface area contributed by atoms with E-state index in [-0.39, 0.29) is 0 Å². The molecule has 0 saturated carbocycles. The Kier molecular flexibility index (Phi) is 7.50. The standard InChI is InChI=1S/C15H13F6IO5/c1-8-2-4-9(5-3-8)10(22)11(23)26-6-7-27-12(24)13(25,14(16,17)18)15(19,20)21/h2-5,10,25H,6-7H2,1H3. The Hall–Kier alpha value is -1.57. The zero-order valence-electron chi connectivity index (χ0n) is 13.5. The van der Waals surface area contributed by atoms with Crippen molar-refractivity contribution in [1.82, 2.24) is 0 Å². The number of benzene rings is 1. The van der Waals surface area contributed by atoms with Gasteiger partial charge in [0.05, 0.1) is 0 Å². The van der Waals surface area contributed by atoms with Crippen LogP contribution >= 0.6 is 22.6 Å². The average Bonchev–Trinajstić information content (AvgIpc) is 2.55. The van der Waals surface area contributed by atoms with Crippen molar-refractivity contribution in [2.24, 2.45) is 0 Å². The number of carbonyl (C=O) groups excluding carboxylic acids is 2. The number of carbonyl (C=O) groups is 2. The number of hydrogen-bond donors (Lipinski definition) is 1. The SMILES string of the molecule is Cc1ccc(C(I)C(=O)OCCOC(=O)C(O)(C(F)(F)F)C(F)(F)F)cc1. The highest BCUT2D eigenvalue weighted by Crippen LogP contribution is 2.43. The van der Waals surface area contributed by atoms with E-state index in [0.29, 0.717) is 5.56 Å². The van der Waals surface area contributed by atoms with Gasteiger partial charge in [-0.15, -0.1) is 0 Å². The maximum atomic E-state index is 12.5. The van der Waals surface area contributed by atoms with Crippen LogP contribution in [0, 0.1) is 6.92 Å². The van der Waals surface area contributed by atoms with E-state index in [9.17, 15) is 35.9 Å². The number of rotatable bonds is 6. The molecule has 0 saturated heterocycles. The monoisotopic (exact) mass is 514 g/mol. The Bertz CT molecular complexity index is 657. The van der Waals surface area contributed by atoms with Crippen molar-refractivity contribution in [3.8, 4) is 0 Å². The fraction of sp³-hybridized carbons (Fsp3) is 0.467. The lowest BCUT2D eigenvalue weighted by molar-refractivity contribution is -0.357. The maximum absolute atomic E-state index is 12.5. The molecular weight excluding hydrogens is 501 g/mol. The zero-order valence-corrected chi connectivity index (χ0v) is 15.7. The van der Waals surface area contributed by atoms with Crippen molar-refractivity contribution in [3.63, 3.8) is 0 Å². The highest BCUT2D eigenvalue weighted by Gasteiger charge is 2.76. The summed E-state index contributed by atoms with van der Waals surface area (Å²) >= 11 is 1.72. The van der Waals surface area contributed by atoms with Gasteiger partial charge in [0.2, 0.25) is 0 Å². The highest BCUT2D eigenvalue weighted by molar-refractivity contribution is 14.1. The normalized spacial score (nSPS) is 13.8. The van der Waals surface area contributed by atoms with Crippen molar-refractivity contribution in [1.29, 1.82) is 0 Å². The Morgan fingerprint density at radius 2 is 1.44 bits per heavy atom. The molecule has 0 aliphatic carbocycles. The van der Waals surface area contributed by atoms with Crippen LogP contribution in [0.2, 0.25) is 0 Å². The number of aryl methyl sites for hydroxylation is 1. The molecule has 1 N–H and O–H groups in total. The number of ether oxygens (including phenoxy) is 2. The lowest BCUT2D eigenvalue weighted by Crippen LogP contribution is -2.63. The first kappa shape index (κ1) is 23.5. The van der Waals surface area contributed by atoms with E-state index in [4.69, 9.17) is 5.11 Å². The van der Waals surface area contributed by atoms with Gasteiger partial charge in [0.15, 0.2) is 0 Å². The summed E-state index contributed by atoms with van der Waals surface area (Å²) in [5, 5.41) is 8.79. The van der Waals surface area contributed by atoms with Crippen molar-refractivity contribution < 1.29 is 50.5 Å². The minimum absolute atomic E-state index is 0.562. The molecule has 12 heteroatoms. The third-order valence-electron chi connectivity index (χ3n) is 3.25. The number of esters is 2. The Balaban J connectivity index is 2.60. The molecule has 0 radical (unpaired) electrons. The Morgan fingerprint density at radius 1 is 1.00 bits per heavy atom. The van der Waals surface area contributed by atoms with Gasteiger partial charge in [-0.25, -0.2) is 4.79 Å². The first-order chi connectivity index (χ1) is 12.2. The predicted octanol–water partition coefficient (Wildman–Crippen LogP) is 3.41. The second-order valence-electron chi connectivity index (χ2n) is 5.28. The average molecular weight is 514 g/mol. The van der Waals surface area contributed by atoms with Crippen LogP contribution < -0.4 is 0 Å². The van der Waals surface area contributed by atoms with E-state index in [1.165, 1.54) is 0 Å². The number of hydrogen-bond acceptors (Lipinski definition) is 5. The Morgan fingerprint density at radius 3 is 1.89 bits per heavy atom. The molecule has 1 aromatic carbocycles. The van der Waals surface area contributed by atoms with E-state index >= 15 is 0 Å². The summed E-state index contributed by atoms with van der Waals surface area (Å²) in [6.07, 6.45) is -12.7. The fourth-order valence-electron chi connectivity index (χ4n) is 1.72. The van der Waals surface area contributed by atoms with E-state index in [2.05, 4.69) is 9.47 Å². The second kappa shape index (κ2) is 8.63. The van der Waals surface area contributed by atoms with Gasteiger partial charge in [0.1, 0.15) is 17.1 Å². The van der Waals surface area contributed by atoms with E-state index < -0.39 is 47.0 Å². The van der Waals surface area contributed by atoms with Crippen molar-refractivity contribution >= 4 is 34.5 Å². The van der Waals surface area contributed by atoms with Gasteiger partial charge in [-0.3, -0.25) is 4.79 Å². The molecule has 27 heavy (non-hydrogen) atoms. The molecule has 0 spiro atoms. The summed E-state index contributed by atoms with van der Waals surface area (Å²) < 4.78 is 82.4. The second-order valence-corrected chi connectivity index (χ2v) is 6.53. The van der Waals surface area contributed by atoms with Crippen LogP contribution in [0.4, 0.5) is 26.3 Å². The van der Waals surface area contributed by atoms with Gasteiger partial charge in [-0.05, 0) is 12.5 Å². The highest BCUT2D eigenvalue weighted by atomic mass is 127. The van der Waals surface area contributed by atoms with Gasteiger partial charge >= 0.3 is 29.9 Å². The molecule has 0 amide bonds. The number of alkyl halides is 7. The minimum Gasteiger partial charge on any atom is -0.461 e. The summed E-state index contributed by atoms with van der Waals surface area (Å²) in [6, 6.07) is 6.73. The van der Waals surface area contributed by atoms with Crippen LogP contribution in [0.1, 0.15) is 15.1 Å². The van der Waals surface area contributed by atoms with Gasteiger partial charge < -0.3 is 14.6 Å². The van der Waals surface area contributed by atoms with E-state index in [0.717, 1.165) is 5.56 Å². The summed E-state index contributed by atoms with van der Waals surface area (Å²) in [5.41, 5.74) is -4.17. The summed E-state index contributed by atoms with van der Waals surface area (Å²) in [7, 11) is 0. The molecule has 152 valence electrons. The minimum atomic E-state index is -6.34. The van der Waals surface area contributed by atoms with E-state index in [1.54, 1.807) is 46.9 Å². The van der Waals surface area contributed by atoms with Crippen molar-refractivity contribution in [3.05, 3.63) is 35.4 Å². The third-order valence-corrected chi connectivity index (χ3v) is 4.48. The smallest absolute Gasteiger partial charge is 0.437 e. The molecule has 1 rings (SSSR count). The van der Waals surface area contributed by atoms with Crippen molar-refractivity contribution in [2.75, 3.05) is 13.2 Å². The van der Waals surface area contributed by atoms with Crippen LogP contribution in [-0.4, -0.2) is 48.2 Å². The van der Waals surface area contributed by atoms with Crippen LogP contribution in [-0.2, 0) is 19.1 Å². The summed E-state index contributed by atoms with van der Waals surface area (Å²) in [4.78, 5) is 22.9. The molecule has 0 aromatic heterocycles. The first-order valence-corrected chi connectivity index (χ1v) is 8.36. The number of halogens is 7. The molecular formula is C15H13F6IO5. The topological polar surface area (TPSA) is 72.8 Å². The zero-order chi connectivity index (χ0) is 21.0. The van der Waals surface area contributed by atoms with Crippen molar-refractivity contribution in [2.45, 2.75) is 28.8 Å². The fourth-order valence-corrected chi connectivity index (χ4v) is 2.31. The maximum Gasteiger partial charge on any atom is 0.437 e. The number of aliphatic hydroxyl groups is 1. The van der Waals surface area contributed by atoms with Gasteiger partial charge in [-0.2, -0.15) is 26.3 Å². The molecule has 1 atom stereocenters. The quantitative estimate of drug-likeness (QED) is 0.207. The molecule has 5 nitrogen and oxygen atoms in total. The van der Waals surface area contributed by atoms with Crippen LogP contribution in [0.5, 0.6) is 0 Å². The van der Waals surface area contributed by atoms with Crippen LogP contribution in [0.3, 0.4) is 0 Å². The molecule has 0 aliphatic heterocycles. The summed E-state index contributed by atoms with van der Waals surface area (Å²) in [5.74, 6) is -3.79. The van der Waals surface area contributed by atoms with Gasteiger partial charge in [-0.1, -0.05) is 52.4 Å². The predicted molar refractivity (Wildman–Crippen MR) is 86.9 cm³/mol. The van der Waals surface area contributed by atoms with Gasteiger partial charge in [0.25, 0.3) is 0 Å². The third kappa shape index (κ3) is 5.46. The van der Waals surface area contributed by atoms with Gasteiger partial charge in [0, 0.05) is 0 Å². The molecule has 1 aromatic rings. The molecule has 0 bridgehead atoms. The largest absolute Gasteiger partial charge is 0.461 e. The molecule has 0 aliphatic rings. The summed E-state index contributed by atoms with van der Waals surface area (Å²) in [6.45, 7) is -0.0697. The van der Waals surface area contributed by atoms with Crippen LogP contribution in [0.15, 0.2) is 24.3 Å². The molecule has 0 heterocycles. The first-order valence-electron chi connectivity index (χ1n) is 7.12. The van der Waals surface area contributed by atoms with E-state index in [1.807, 2.05) is 6.92 Å². The molecule has 1 unspecified atom stereocenters. The lowest BCUT2D eigenvalue weighted by Gasteiger charge is -2.29. The lowest BCUT2D eigenvalue weighted by atomic mass is 10.0. The molecule has 0 fully saturated rings. The van der Waals surface area contributed by atoms with Crippen LogP contribution in [0.25, 0.3) is 0 Å². The Labute approximate surface area is 162 Å².